The molecule has 0 atom stereocenters. The molecule has 0 saturated carbocycles. The van der Waals surface area contributed by atoms with Crippen molar-refractivity contribution in [3.8, 4) is 90.9 Å². The van der Waals surface area contributed by atoms with E-state index in [4.69, 9.17) is 15.0 Å². The van der Waals surface area contributed by atoms with E-state index in [0.717, 1.165) is 134 Å². The third-order valence-electron chi connectivity index (χ3n) is 25.7. The molecule has 13 aromatic carbocycles. The van der Waals surface area contributed by atoms with Gasteiger partial charge in [-0.15, -0.1) is 0 Å². The van der Waals surface area contributed by atoms with Crippen LogP contribution in [0.2, 0.25) is 0 Å². The second kappa shape index (κ2) is 33.8. The number of nitrogens with zero attached hydrogens (tertiary/aromatic N) is 18. The lowest BCUT2D eigenvalue weighted by Crippen LogP contribution is -2.01. The summed E-state index contributed by atoms with van der Waals surface area (Å²) in [5.41, 5.74) is 26.3. The number of hydrogen-bond acceptors (Lipinski definition) is 10. The summed E-state index contributed by atoms with van der Waals surface area (Å²) >= 11 is 0. The van der Waals surface area contributed by atoms with Gasteiger partial charge in [0.05, 0.1) is 102 Å². The highest BCUT2D eigenvalue weighted by Gasteiger charge is 2.23. The first-order valence-corrected chi connectivity index (χ1v) is 45.1. The van der Waals surface area contributed by atoms with Crippen molar-refractivity contribution in [2.75, 3.05) is 0 Å². The molecular formula is C118H78N18. The minimum absolute atomic E-state index is 0.665. The molecule has 0 fully saturated rings. The average molecular weight is 1750 g/mol. The predicted molar refractivity (Wildman–Crippen MR) is 550 cm³/mol. The molecule has 640 valence electrons. The van der Waals surface area contributed by atoms with Gasteiger partial charge < -0.3 is 27.4 Å². The monoisotopic (exact) mass is 1750 g/mol. The zero-order valence-electron chi connectivity index (χ0n) is 73.1. The number of pyridine rings is 4. The molecule has 18 heteroatoms. The van der Waals surface area contributed by atoms with Crippen molar-refractivity contribution in [3.63, 3.8) is 0 Å². The summed E-state index contributed by atoms with van der Waals surface area (Å²) in [6.07, 6.45) is 32.5. The fraction of sp³-hybridized carbons (Fsp3) is 0. The van der Waals surface area contributed by atoms with Gasteiger partial charge in [0, 0.05) is 190 Å². The molecule has 0 amide bonds. The first kappa shape index (κ1) is 79.2. The molecule has 0 radical (unpaired) electrons. The highest BCUT2D eigenvalue weighted by molar-refractivity contribution is 6.17. The highest BCUT2D eigenvalue weighted by atomic mass is 15.2. The second-order valence-electron chi connectivity index (χ2n) is 33.5. The van der Waals surface area contributed by atoms with Crippen molar-refractivity contribution in [2.24, 2.45) is 0 Å². The van der Waals surface area contributed by atoms with Crippen LogP contribution in [0.15, 0.2) is 475 Å². The van der Waals surface area contributed by atoms with Gasteiger partial charge in [-0.25, -0.2) is 34.9 Å². The van der Waals surface area contributed by atoms with E-state index in [-0.39, 0.29) is 0 Å². The SMILES string of the molecule is c1ccc(-c2cnc(-n3c4ccccc4c4cc5ccn(-c6ccccc6)c5cc43)nc2)cc1.c1ccc(-n2ccc3cc4c5ccccc5n(-c5ccc(-c6ccncc6)cn5)c4cc32)cc1.c1ccc(-n2ccc3cc4c5ccccc5n(-c5cnc(-c6cccnc6)nc5)c4cc32)cc1.c1ccc(-n2ccc3cc4c5ccccc5n(-c5cnc(-c6ccncc6)nc5)c4cc32)cc1. The van der Waals surface area contributed by atoms with Crippen molar-refractivity contribution in [3.05, 3.63) is 475 Å². The van der Waals surface area contributed by atoms with Crippen molar-refractivity contribution in [1.29, 1.82) is 0 Å². The average Bonchev–Trinajstić information content (AvgIpc) is 1.59. The van der Waals surface area contributed by atoms with Gasteiger partial charge in [0.1, 0.15) is 5.82 Å². The highest BCUT2D eigenvalue weighted by Crippen LogP contribution is 2.42. The summed E-state index contributed by atoms with van der Waals surface area (Å²) in [6.45, 7) is 0. The van der Waals surface area contributed by atoms with Gasteiger partial charge in [-0.05, 0) is 205 Å². The number of para-hydroxylation sites is 8. The molecule has 136 heavy (non-hydrogen) atoms. The van der Waals surface area contributed by atoms with Crippen LogP contribution in [-0.2, 0) is 0 Å². The van der Waals surface area contributed by atoms with Crippen LogP contribution in [-0.4, -0.2) is 86.4 Å². The van der Waals surface area contributed by atoms with Gasteiger partial charge in [-0.3, -0.25) is 24.1 Å². The zero-order valence-corrected chi connectivity index (χ0v) is 73.1. The van der Waals surface area contributed by atoms with Crippen molar-refractivity contribution < 1.29 is 0 Å². The Balaban J connectivity index is 0.0000000965. The van der Waals surface area contributed by atoms with E-state index in [1.165, 1.54) is 70.2 Å². The normalized spacial score (nSPS) is 11.5. The van der Waals surface area contributed by atoms with Crippen molar-refractivity contribution in [2.45, 2.75) is 0 Å². The summed E-state index contributed by atoms with van der Waals surface area (Å²) < 4.78 is 17.9. The number of hydrogen-bond donors (Lipinski definition) is 0. The molecule has 15 aromatic heterocycles. The van der Waals surface area contributed by atoms with E-state index in [1.807, 2.05) is 135 Å². The van der Waals surface area contributed by atoms with Crippen LogP contribution in [0.5, 0.6) is 0 Å². The van der Waals surface area contributed by atoms with Crippen LogP contribution in [0.25, 0.3) is 222 Å². The van der Waals surface area contributed by atoms with Crippen LogP contribution < -0.4 is 0 Å². The molecular weight excluding hydrogens is 1670 g/mol. The summed E-state index contributed by atoms with van der Waals surface area (Å²) in [6, 6.07) is 129. The molecule has 0 aliphatic rings. The lowest BCUT2D eigenvalue weighted by atomic mass is 10.1. The number of benzene rings is 13. The maximum atomic E-state index is 4.88. The van der Waals surface area contributed by atoms with E-state index in [2.05, 4.69) is 387 Å². The standard InChI is InChI=1S/2C30H20N4.2C29H19N5/c1-3-9-21(10-4-1)23-19-31-30(32-20-23)34-27-14-8-7-13-25(27)26-17-22-15-16-33(28(22)18-29(26)34)24-11-5-2-6-12-24;1-2-6-24(7-3-1)33-17-14-22-18-26-25-8-4-5-9-27(25)34(29(26)19-28(22)33)30-11-10-23(20-32-30)21-12-15-31-16-13-21;1-2-8-22(9-3-1)33-14-12-20-15-25-24-10-4-5-11-26(24)34(28(25)16-27(20)33)23-18-31-29(32-19-23)21-7-6-13-30-17-21;1-2-6-22(7-3-1)33-15-12-21-16-25-24-8-4-5-9-26(24)34(28(25)17-27(21)33)23-18-31-29(32-19-23)20-10-13-30-14-11-20/h2*1-20H;2*1-19H. The quantitative estimate of drug-likeness (QED) is 0.115. The smallest absolute Gasteiger partial charge is 0.234 e. The first-order valence-electron chi connectivity index (χ1n) is 45.1. The van der Waals surface area contributed by atoms with Gasteiger partial charge in [0.15, 0.2) is 11.6 Å². The van der Waals surface area contributed by atoms with Gasteiger partial charge in [-0.2, -0.15) is 0 Å². The van der Waals surface area contributed by atoms with Crippen LogP contribution in [0.1, 0.15) is 0 Å². The number of fused-ring (bicyclic) bond motifs is 16. The fourth-order valence-electron chi connectivity index (χ4n) is 19.3. The molecule has 0 saturated heterocycles. The third-order valence-corrected chi connectivity index (χ3v) is 25.7. The number of aromatic nitrogens is 18. The van der Waals surface area contributed by atoms with E-state index < -0.39 is 0 Å². The molecule has 0 aliphatic heterocycles. The molecule has 18 nitrogen and oxygen atoms in total. The van der Waals surface area contributed by atoms with E-state index >= 15 is 0 Å². The largest absolute Gasteiger partial charge is 0.316 e. The molecule has 0 spiro atoms. The maximum Gasteiger partial charge on any atom is 0.234 e. The number of rotatable bonds is 12. The van der Waals surface area contributed by atoms with E-state index in [0.29, 0.717) is 17.6 Å². The Labute approximate surface area is 778 Å². The Morgan fingerprint density at radius 1 is 0.162 bits per heavy atom. The van der Waals surface area contributed by atoms with Crippen LogP contribution in [0.3, 0.4) is 0 Å². The van der Waals surface area contributed by atoms with Crippen molar-refractivity contribution in [1.82, 2.24) is 86.4 Å². The summed E-state index contributed by atoms with van der Waals surface area (Å²) in [5.74, 6) is 2.93. The predicted octanol–water partition coefficient (Wildman–Crippen LogP) is 27.5. The van der Waals surface area contributed by atoms with E-state index in [9.17, 15) is 0 Å². The first-order chi connectivity index (χ1) is 67.5. The Hall–Kier alpha value is -18.9. The van der Waals surface area contributed by atoms with Gasteiger partial charge in [-0.1, -0.05) is 176 Å². The Kier molecular flexibility index (Phi) is 19.7. The lowest BCUT2D eigenvalue weighted by Gasteiger charge is -2.09. The molecule has 28 rings (SSSR count). The third kappa shape index (κ3) is 14.2. The topological polar surface area (TPSA) is 168 Å². The van der Waals surface area contributed by atoms with Gasteiger partial charge >= 0.3 is 0 Å². The van der Waals surface area contributed by atoms with Gasteiger partial charge in [0.2, 0.25) is 5.95 Å². The van der Waals surface area contributed by atoms with Crippen molar-refractivity contribution >= 4 is 131 Å². The fourth-order valence-corrected chi connectivity index (χ4v) is 19.3. The Bertz CT molecular complexity index is 8200. The summed E-state index contributed by atoms with van der Waals surface area (Å²) in [4.78, 5) is 45.5. The minimum atomic E-state index is 0.665. The molecule has 15 heterocycles. The van der Waals surface area contributed by atoms with Crippen LogP contribution in [0.4, 0.5) is 0 Å². The molecule has 0 unspecified atom stereocenters. The Morgan fingerprint density at radius 3 is 0.868 bits per heavy atom. The van der Waals surface area contributed by atoms with E-state index in [1.54, 1.807) is 24.8 Å². The maximum absolute atomic E-state index is 4.88. The molecule has 0 N–H and O–H groups in total. The zero-order chi connectivity index (χ0) is 89.9. The molecule has 0 aliphatic carbocycles. The molecule has 28 aromatic rings. The van der Waals surface area contributed by atoms with Gasteiger partial charge in [0.25, 0.3) is 0 Å². The summed E-state index contributed by atoms with van der Waals surface area (Å²) in [5, 5.41) is 14.6. The second-order valence-corrected chi connectivity index (χ2v) is 33.5. The minimum Gasteiger partial charge on any atom is -0.316 e. The summed E-state index contributed by atoms with van der Waals surface area (Å²) in [7, 11) is 0. The van der Waals surface area contributed by atoms with Crippen LogP contribution >= 0.6 is 0 Å². The molecule has 0 bridgehead atoms. The Morgan fingerprint density at radius 2 is 0.485 bits per heavy atom. The van der Waals surface area contributed by atoms with Crippen LogP contribution in [0, 0.1) is 0 Å². The lowest BCUT2D eigenvalue weighted by molar-refractivity contribution is 0.990.